The van der Waals surface area contributed by atoms with Crippen molar-refractivity contribution < 1.29 is 19.1 Å². The molecule has 3 fully saturated rings. The first-order chi connectivity index (χ1) is 16.9. The number of hydrogen-bond donors (Lipinski definition) is 1. The molecule has 0 aromatic carbocycles. The van der Waals surface area contributed by atoms with Crippen molar-refractivity contribution in [3.63, 3.8) is 0 Å². The van der Waals surface area contributed by atoms with E-state index in [-0.39, 0.29) is 23.3 Å². The number of amides is 2. The number of likely N-dealkylation sites (tertiary alicyclic amines) is 2. The smallest absolute Gasteiger partial charge is 0.223 e. The zero-order valence-corrected chi connectivity index (χ0v) is 21.2. The van der Waals surface area contributed by atoms with Crippen LogP contribution >= 0.6 is 0 Å². The Morgan fingerprint density at radius 3 is 2.63 bits per heavy atom. The monoisotopic (exact) mass is 488 g/mol. The van der Waals surface area contributed by atoms with E-state index in [9.17, 15) is 9.59 Å². The maximum Gasteiger partial charge on any atom is 0.223 e. The summed E-state index contributed by atoms with van der Waals surface area (Å²) in [6.07, 6.45) is 5.21. The van der Waals surface area contributed by atoms with Gasteiger partial charge >= 0.3 is 0 Å². The number of ether oxygens (including phenoxy) is 2. The fourth-order valence-electron chi connectivity index (χ4n) is 5.96. The standard InChI is InChI=1S/C25H40N6O4/c1-18(2)29-8-3-19(4-9-29)13-23(32)30-10-7-25(16-30)17-31-22(15-35-25)21(27-28-31)14-26-24(33)20-5-11-34-12-6-20/h18-20H,3-17H2,1-2H3,(H,26,33). The summed E-state index contributed by atoms with van der Waals surface area (Å²) >= 11 is 0. The number of hydrogen-bond acceptors (Lipinski definition) is 7. The van der Waals surface area contributed by atoms with Gasteiger partial charge < -0.3 is 24.6 Å². The topological polar surface area (TPSA) is 102 Å². The minimum atomic E-state index is -0.389. The van der Waals surface area contributed by atoms with Gasteiger partial charge in [-0.1, -0.05) is 5.21 Å². The lowest BCUT2D eigenvalue weighted by Crippen LogP contribution is -2.45. The number of aromatic nitrogens is 3. The van der Waals surface area contributed by atoms with Gasteiger partial charge in [0.25, 0.3) is 0 Å². The van der Waals surface area contributed by atoms with Crippen LogP contribution in [0.5, 0.6) is 0 Å². The molecule has 1 unspecified atom stereocenters. The molecule has 0 saturated carbocycles. The number of rotatable bonds is 6. The summed E-state index contributed by atoms with van der Waals surface area (Å²) < 4.78 is 13.6. The highest BCUT2D eigenvalue weighted by Gasteiger charge is 2.45. The van der Waals surface area contributed by atoms with E-state index in [0.717, 1.165) is 63.1 Å². The molecule has 2 amide bonds. The average Bonchev–Trinajstić information content (AvgIpc) is 3.47. The van der Waals surface area contributed by atoms with Gasteiger partial charge in [-0.25, -0.2) is 4.68 Å². The van der Waals surface area contributed by atoms with Crippen LogP contribution in [0.2, 0.25) is 0 Å². The molecule has 4 aliphatic rings. The van der Waals surface area contributed by atoms with Crippen LogP contribution in [0, 0.1) is 11.8 Å². The molecule has 1 aromatic rings. The van der Waals surface area contributed by atoms with E-state index < -0.39 is 0 Å². The Hall–Kier alpha value is -2.04. The third kappa shape index (κ3) is 5.54. The second kappa shape index (κ2) is 10.5. The van der Waals surface area contributed by atoms with Crippen LogP contribution in [0.1, 0.15) is 63.8 Å². The molecule has 5 heterocycles. The number of fused-ring (bicyclic) bond motifs is 1. The molecule has 1 spiro atoms. The maximum atomic E-state index is 13.1. The van der Waals surface area contributed by atoms with Crippen molar-refractivity contribution in [1.82, 2.24) is 30.1 Å². The molecule has 10 nitrogen and oxygen atoms in total. The van der Waals surface area contributed by atoms with E-state index in [1.165, 1.54) is 0 Å². The summed E-state index contributed by atoms with van der Waals surface area (Å²) in [5.74, 6) is 0.819. The van der Waals surface area contributed by atoms with Crippen molar-refractivity contribution in [3.8, 4) is 0 Å². The number of piperidine rings is 1. The van der Waals surface area contributed by atoms with E-state index in [1.54, 1.807) is 0 Å². The van der Waals surface area contributed by atoms with Crippen molar-refractivity contribution in [2.75, 3.05) is 39.4 Å². The minimum Gasteiger partial charge on any atom is -0.381 e. The van der Waals surface area contributed by atoms with Crippen LogP contribution in [-0.2, 0) is 38.8 Å². The van der Waals surface area contributed by atoms with Gasteiger partial charge in [-0.2, -0.15) is 0 Å². The molecule has 3 saturated heterocycles. The number of nitrogens with one attached hydrogen (secondary N) is 1. The molecule has 1 aromatic heterocycles. The van der Waals surface area contributed by atoms with E-state index in [4.69, 9.17) is 9.47 Å². The Bertz CT molecular complexity index is 906. The van der Waals surface area contributed by atoms with Gasteiger partial charge in [-0.05, 0) is 65.0 Å². The van der Waals surface area contributed by atoms with E-state index in [0.29, 0.717) is 57.8 Å². The van der Waals surface area contributed by atoms with Crippen molar-refractivity contribution in [2.24, 2.45) is 11.8 Å². The molecule has 0 bridgehead atoms. The summed E-state index contributed by atoms with van der Waals surface area (Å²) in [5, 5.41) is 11.7. The SMILES string of the molecule is CC(C)N1CCC(CC(=O)N2CCC3(C2)Cn2nnc(CNC(=O)C4CCOCC4)c2CO3)CC1. The molecule has 5 rings (SSSR count). The Morgan fingerprint density at radius 1 is 1.11 bits per heavy atom. The van der Waals surface area contributed by atoms with Gasteiger partial charge in [0.05, 0.1) is 31.9 Å². The second-order valence-corrected chi connectivity index (χ2v) is 11.1. The van der Waals surface area contributed by atoms with E-state index in [2.05, 4.69) is 34.4 Å². The summed E-state index contributed by atoms with van der Waals surface area (Å²) in [4.78, 5) is 30.0. The first-order valence-corrected chi connectivity index (χ1v) is 13.3. The van der Waals surface area contributed by atoms with Gasteiger partial charge in [0.2, 0.25) is 11.8 Å². The van der Waals surface area contributed by atoms with Crippen molar-refractivity contribution in [2.45, 2.75) is 83.7 Å². The molecule has 0 radical (unpaired) electrons. The van der Waals surface area contributed by atoms with Crippen molar-refractivity contribution in [3.05, 3.63) is 11.4 Å². The lowest BCUT2D eigenvalue weighted by Gasteiger charge is -2.35. The summed E-state index contributed by atoms with van der Waals surface area (Å²) in [6, 6.07) is 0.582. The Kier molecular flexibility index (Phi) is 7.41. The van der Waals surface area contributed by atoms with Crippen LogP contribution < -0.4 is 5.32 Å². The largest absolute Gasteiger partial charge is 0.381 e. The summed E-state index contributed by atoms with van der Waals surface area (Å²) in [6.45, 7) is 10.7. The molecular weight excluding hydrogens is 448 g/mol. The Morgan fingerprint density at radius 2 is 1.89 bits per heavy atom. The fourth-order valence-corrected chi connectivity index (χ4v) is 5.96. The predicted molar refractivity (Wildman–Crippen MR) is 128 cm³/mol. The molecule has 194 valence electrons. The number of carbonyl (C=O) groups excluding carboxylic acids is 2. The van der Waals surface area contributed by atoms with Crippen molar-refractivity contribution in [1.29, 1.82) is 0 Å². The predicted octanol–water partition coefficient (Wildman–Crippen LogP) is 1.33. The maximum absolute atomic E-state index is 13.1. The molecule has 4 aliphatic heterocycles. The van der Waals surface area contributed by atoms with Crippen LogP contribution in [0.15, 0.2) is 0 Å². The Labute approximate surface area is 207 Å². The normalized spacial score (nSPS) is 26.4. The van der Waals surface area contributed by atoms with Crippen LogP contribution in [0.3, 0.4) is 0 Å². The van der Waals surface area contributed by atoms with E-state index in [1.807, 2.05) is 9.58 Å². The molecular formula is C25H40N6O4. The molecule has 35 heavy (non-hydrogen) atoms. The van der Waals surface area contributed by atoms with Gasteiger partial charge in [-0.3, -0.25) is 9.59 Å². The van der Waals surface area contributed by atoms with Crippen LogP contribution in [0.4, 0.5) is 0 Å². The summed E-state index contributed by atoms with van der Waals surface area (Å²) in [5.41, 5.74) is 1.29. The quantitative estimate of drug-likeness (QED) is 0.645. The molecule has 1 N–H and O–H groups in total. The Balaban J connectivity index is 1.11. The number of nitrogens with zero attached hydrogens (tertiary/aromatic N) is 5. The van der Waals surface area contributed by atoms with Gasteiger partial charge in [0.1, 0.15) is 11.3 Å². The lowest BCUT2D eigenvalue weighted by atomic mass is 9.92. The first kappa shape index (κ1) is 24.6. The van der Waals surface area contributed by atoms with Crippen LogP contribution in [0.25, 0.3) is 0 Å². The van der Waals surface area contributed by atoms with Gasteiger partial charge in [-0.15, -0.1) is 5.10 Å². The zero-order chi connectivity index (χ0) is 24.4. The first-order valence-electron chi connectivity index (χ1n) is 13.3. The lowest BCUT2D eigenvalue weighted by molar-refractivity contribution is -0.134. The minimum absolute atomic E-state index is 0.0134. The molecule has 10 heteroatoms. The molecule has 0 aliphatic carbocycles. The third-order valence-electron chi connectivity index (χ3n) is 8.41. The van der Waals surface area contributed by atoms with Gasteiger partial charge in [0, 0.05) is 38.1 Å². The second-order valence-electron chi connectivity index (χ2n) is 11.1. The highest BCUT2D eigenvalue weighted by molar-refractivity contribution is 5.78. The highest BCUT2D eigenvalue weighted by Crippen LogP contribution is 2.34. The van der Waals surface area contributed by atoms with Gasteiger partial charge in [0.15, 0.2) is 0 Å². The number of carbonyl (C=O) groups is 2. The summed E-state index contributed by atoms with van der Waals surface area (Å²) in [7, 11) is 0. The molecule has 1 atom stereocenters. The third-order valence-corrected chi connectivity index (χ3v) is 8.41. The zero-order valence-electron chi connectivity index (χ0n) is 21.2. The average molecular weight is 489 g/mol. The van der Waals surface area contributed by atoms with Crippen LogP contribution in [-0.4, -0.2) is 87.6 Å². The van der Waals surface area contributed by atoms with E-state index >= 15 is 0 Å². The fraction of sp³-hybridized carbons (Fsp3) is 0.840. The highest BCUT2D eigenvalue weighted by atomic mass is 16.5. The van der Waals surface area contributed by atoms with Crippen molar-refractivity contribution >= 4 is 11.8 Å².